The number of benzene rings is 1. The Morgan fingerprint density at radius 2 is 1.88 bits per heavy atom. The maximum atomic E-state index is 12.9. The molecule has 0 bridgehead atoms. The minimum atomic E-state index is -0.0737. The Kier molecular flexibility index (Phi) is 5.00. The molecule has 1 fully saturated rings. The van der Waals surface area contributed by atoms with Crippen molar-refractivity contribution in [3.63, 3.8) is 0 Å². The number of hydrazine groups is 1. The number of carbonyl (C=O) groups is 1. The zero-order chi connectivity index (χ0) is 18.1. The molecule has 0 unspecified atom stereocenters. The maximum absolute atomic E-state index is 12.9. The van der Waals surface area contributed by atoms with Crippen molar-refractivity contribution in [2.24, 2.45) is 0 Å². The van der Waals surface area contributed by atoms with Gasteiger partial charge in [0.1, 0.15) is 0 Å². The summed E-state index contributed by atoms with van der Waals surface area (Å²) < 4.78 is 1.96. The molecule has 6 heteroatoms. The van der Waals surface area contributed by atoms with E-state index < -0.39 is 0 Å². The Morgan fingerprint density at radius 1 is 1.12 bits per heavy atom. The van der Waals surface area contributed by atoms with Gasteiger partial charge in [-0.15, -0.1) is 0 Å². The van der Waals surface area contributed by atoms with Gasteiger partial charge >= 0.3 is 0 Å². The monoisotopic (exact) mass is 372 g/mol. The number of hydrogen-bond acceptors (Lipinski definition) is 3. The third kappa shape index (κ3) is 3.38. The smallest absolute Gasteiger partial charge is 0.283 e. The van der Waals surface area contributed by atoms with Crippen molar-refractivity contribution < 1.29 is 4.79 Å². The van der Waals surface area contributed by atoms with Crippen LogP contribution in [0.15, 0.2) is 18.2 Å². The van der Waals surface area contributed by atoms with E-state index >= 15 is 0 Å². The van der Waals surface area contributed by atoms with E-state index in [1.165, 1.54) is 12.1 Å². The van der Waals surface area contributed by atoms with E-state index in [1.807, 2.05) is 34.8 Å². The van der Waals surface area contributed by atoms with Crippen molar-refractivity contribution in [3.05, 3.63) is 45.7 Å². The van der Waals surface area contributed by atoms with Crippen molar-refractivity contribution >= 4 is 17.5 Å². The molecule has 1 aliphatic carbocycles. The lowest BCUT2D eigenvalue weighted by molar-refractivity contribution is 0.0743. The Hall–Kier alpha value is -1.85. The van der Waals surface area contributed by atoms with Crippen molar-refractivity contribution in [2.75, 3.05) is 13.1 Å². The number of fused-ring (bicyclic) bond motifs is 1. The topological polar surface area (TPSA) is 50.2 Å². The molecule has 0 radical (unpaired) electrons. The summed E-state index contributed by atoms with van der Waals surface area (Å²) in [5.41, 5.74) is 8.01. The summed E-state index contributed by atoms with van der Waals surface area (Å²) in [6.45, 7) is 3.88. The second-order valence-corrected chi connectivity index (χ2v) is 7.75. The summed E-state index contributed by atoms with van der Waals surface area (Å²) in [6.07, 6.45) is 7.65. The van der Waals surface area contributed by atoms with Gasteiger partial charge in [0.25, 0.3) is 5.91 Å². The molecule has 1 aromatic heterocycles. The molecule has 5 nitrogen and oxygen atoms in total. The number of aryl methyl sites for hydroxylation is 1. The number of piperidine rings is 1. The molecule has 0 atom stereocenters. The molecule has 0 spiro atoms. The second kappa shape index (κ2) is 7.41. The minimum Gasteiger partial charge on any atom is -0.283 e. The fourth-order valence-corrected chi connectivity index (χ4v) is 4.27. The molecular formula is C20H25ClN4O. The van der Waals surface area contributed by atoms with E-state index in [-0.39, 0.29) is 5.91 Å². The van der Waals surface area contributed by atoms with Crippen molar-refractivity contribution in [3.8, 4) is 5.69 Å². The largest absolute Gasteiger partial charge is 0.286 e. The SMILES string of the molecule is Cc1cc(Cl)ccc1-n1nc(C(=O)NN2CCCCC2)c2c1CCCC2. The zero-order valence-corrected chi connectivity index (χ0v) is 16.0. The average Bonchev–Trinajstić information content (AvgIpc) is 3.02. The first kappa shape index (κ1) is 17.6. The van der Waals surface area contributed by atoms with Gasteiger partial charge < -0.3 is 0 Å². The predicted octanol–water partition coefficient (Wildman–Crippen LogP) is 3.84. The summed E-state index contributed by atoms with van der Waals surface area (Å²) in [4.78, 5) is 12.9. The summed E-state index contributed by atoms with van der Waals surface area (Å²) in [5.74, 6) is -0.0737. The van der Waals surface area contributed by atoms with Crippen LogP contribution in [0.25, 0.3) is 5.69 Å². The molecule has 2 aromatic rings. The van der Waals surface area contributed by atoms with Crippen LogP contribution in [0.1, 0.15) is 59.4 Å². The third-order valence-electron chi connectivity index (χ3n) is 5.40. The van der Waals surface area contributed by atoms with Crippen LogP contribution in [0.5, 0.6) is 0 Å². The lowest BCUT2D eigenvalue weighted by Gasteiger charge is -2.26. The molecule has 4 rings (SSSR count). The lowest BCUT2D eigenvalue weighted by Crippen LogP contribution is -2.45. The molecule has 1 amide bonds. The van der Waals surface area contributed by atoms with E-state index in [4.69, 9.17) is 16.7 Å². The third-order valence-corrected chi connectivity index (χ3v) is 5.63. The van der Waals surface area contributed by atoms with Crippen LogP contribution in [0.4, 0.5) is 0 Å². The first-order chi connectivity index (χ1) is 12.6. The molecule has 1 N–H and O–H groups in total. The first-order valence-corrected chi connectivity index (χ1v) is 9.94. The van der Waals surface area contributed by atoms with Crippen molar-refractivity contribution in [1.29, 1.82) is 0 Å². The Bertz CT molecular complexity index is 823. The van der Waals surface area contributed by atoms with Crippen LogP contribution in [0, 0.1) is 6.92 Å². The Balaban J connectivity index is 1.69. The van der Waals surface area contributed by atoms with Gasteiger partial charge in [0.15, 0.2) is 5.69 Å². The van der Waals surface area contributed by atoms with E-state index in [1.54, 1.807) is 0 Å². The highest BCUT2D eigenvalue weighted by molar-refractivity contribution is 6.30. The number of amides is 1. The number of hydrogen-bond donors (Lipinski definition) is 1. The standard InChI is InChI=1S/C20H25ClN4O/c1-14-13-15(21)9-10-17(14)25-18-8-4-3-7-16(18)19(22-25)20(26)23-24-11-5-2-6-12-24/h9-10,13H,2-8,11-12H2,1H3,(H,23,26). The number of aromatic nitrogens is 2. The van der Waals surface area contributed by atoms with Gasteiger partial charge in [-0.25, -0.2) is 9.69 Å². The van der Waals surface area contributed by atoms with Crippen LogP contribution in [-0.2, 0) is 12.8 Å². The summed E-state index contributed by atoms with van der Waals surface area (Å²) in [6, 6.07) is 5.82. The van der Waals surface area contributed by atoms with Gasteiger partial charge in [-0.05, 0) is 69.2 Å². The molecule has 1 aromatic carbocycles. The average molecular weight is 373 g/mol. The Morgan fingerprint density at radius 3 is 2.65 bits per heavy atom. The molecule has 138 valence electrons. The molecule has 2 heterocycles. The minimum absolute atomic E-state index is 0.0737. The van der Waals surface area contributed by atoms with Gasteiger partial charge in [0.2, 0.25) is 0 Å². The summed E-state index contributed by atoms with van der Waals surface area (Å²) in [7, 11) is 0. The molecular weight excluding hydrogens is 348 g/mol. The maximum Gasteiger partial charge on any atom is 0.286 e. The Labute approximate surface area is 159 Å². The van der Waals surface area contributed by atoms with Gasteiger partial charge in [0, 0.05) is 29.4 Å². The first-order valence-electron chi connectivity index (χ1n) is 9.57. The highest BCUT2D eigenvalue weighted by Gasteiger charge is 2.27. The van der Waals surface area contributed by atoms with Crippen molar-refractivity contribution in [2.45, 2.75) is 51.9 Å². The fourth-order valence-electron chi connectivity index (χ4n) is 4.04. The van der Waals surface area contributed by atoms with Gasteiger partial charge in [-0.2, -0.15) is 5.10 Å². The molecule has 1 saturated heterocycles. The van der Waals surface area contributed by atoms with Crippen LogP contribution in [0.3, 0.4) is 0 Å². The summed E-state index contributed by atoms with van der Waals surface area (Å²) in [5, 5.41) is 7.51. The van der Waals surface area contributed by atoms with Gasteiger partial charge in [0.05, 0.1) is 5.69 Å². The van der Waals surface area contributed by atoms with E-state index in [9.17, 15) is 4.79 Å². The number of nitrogens with one attached hydrogen (secondary N) is 1. The molecule has 26 heavy (non-hydrogen) atoms. The zero-order valence-electron chi connectivity index (χ0n) is 15.2. The highest BCUT2D eigenvalue weighted by atomic mass is 35.5. The second-order valence-electron chi connectivity index (χ2n) is 7.31. The predicted molar refractivity (Wildman–Crippen MR) is 103 cm³/mol. The fraction of sp³-hybridized carbons (Fsp3) is 0.500. The number of halogens is 1. The molecule has 2 aliphatic rings. The van der Waals surface area contributed by atoms with E-state index in [2.05, 4.69) is 5.43 Å². The normalized spacial score (nSPS) is 17.8. The van der Waals surface area contributed by atoms with Gasteiger partial charge in [-0.1, -0.05) is 18.0 Å². The van der Waals surface area contributed by atoms with Crippen LogP contribution >= 0.6 is 11.6 Å². The van der Waals surface area contributed by atoms with Crippen molar-refractivity contribution in [1.82, 2.24) is 20.2 Å². The van der Waals surface area contributed by atoms with Gasteiger partial charge in [-0.3, -0.25) is 10.2 Å². The van der Waals surface area contributed by atoms with E-state index in [0.717, 1.165) is 73.5 Å². The number of rotatable bonds is 3. The quantitative estimate of drug-likeness (QED) is 0.890. The number of carbonyl (C=O) groups excluding carboxylic acids is 1. The van der Waals surface area contributed by atoms with Crippen LogP contribution < -0.4 is 5.43 Å². The molecule has 0 saturated carbocycles. The van der Waals surface area contributed by atoms with E-state index in [0.29, 0.717) is 5.69 Å². The highest BCUT2D eigenvalue weighted by Crippen LogP contribution is 2.29. The van der Waals surface area contributed by atoms with Crippen LogP contribution in [-0.4, -0.2) is 33.8 Å². The number of nitrogens with zero attached hydrogens (tertiary/aromatic N) is 3. The lowest BCUT2D eigenvalue weighted by atomic mass is 9.95. The molecule has 1 aliphatic heterocycles. The van der Waals surface area contributed by atoms with Crippen LogP contribution in [0.2, 0.25) is 5.02 Å². The summed E-state index contributed by atoms with van der Waals surface area (Å²) >= 11 is 6.11.